The number of benzene rings is 1. The predicted octanol–water partition coefficient (Wildman–Crippen LogP) is 4.27. The van der Waals surface area contributed by atoms with Crippen LogP contribution in [-0.4, -0.2) is 35.6 Å². The van der Waals surface area contributed by atoms with Gasteiger partial charge in [-0.3, -0.25) is 4.79 Å². The number of carbonyl (C=O) groups is 1. The largest absolute Gasteiger partial charge is 0.298 e. The van der Waals surface area contributed by atoms with Crippen LogP contribution in [0.4, 0.5) is 4.39 Å². The zero-order valence-electron chi connectivity index (χ0n) is 15.1. The number of hydrogen-bond acceptors (Lipinski definition) is 4. The second kappa shape index (κ2) is 8.45. The summed E-state index contributed by atoms with van der Waals surface area (Å²) in [5.41, 5.74) is 0.761. The fraction of sp³-hybridized carbons (Fsp3) is 0.368. The van der Waals surface area contributed by atoms with Crippen molar-refractivity contribution < 1.29 is 17.6 Å². The van der Waals surface area contributed by atoms with Crippen LogP contribution in [0.15, 0.2) is 41.3 Å². The Morgan fingerprint density at radius 3 is 2.39 bits per heavy atom. The lowest BCUT2D eigenvalue weighted by molar-refractivity contribution is -0.122. The Labute approximate surface area is 173 Å². The number of sulfonamides is 1. The summed E-state index contributed by atoms with van der Waals surface area (Å²) in [5.74, 6) is -0.685. The molecule has 0 unspecified atom stereocenters. The van der Waals surface area contributed by atoms with Crippen LogP contribution in [0.1, 0.15) is 31.7 Å². The van der Waals surface area contributed by atoms with Crippen molar-refractivity contribution >= 4 is 39.0 Å². The Bertz CT molecular complexity index is 963. The maximum absolute atomic E-state index is 13.2. The molecule has 1 fully saturated rings. The van der Waals surface area contributed by atoms with E-state index in [-0.39, 0.29) is 33.4 Å². The Balaban J connectivity index is 1.78. The van der Waals surface area contributed by atoms with Crippen LogP contribution in [0, 0.1) is 5.82 Å². The van der Waals surface area contributed by atoms with Gasteiger partial charge in [0.1, 0.15) is 16.1 Å². The summed E-state index contributed by atoms with van der Waals surface area (Å²) in [6.07, 6.45) is 1.58. The van der Waals surface area contributed by atoms with Gasteiger partial charge in [0, 0.05) is 12.5 Å². The average Bonchev–Trinajstić information content (AvgIpc) is 3.02. The van der Waals surface area contributed by atoms with Crippen molar-refractivity contribution in [2.45, 2.75) is 49.6 Å². The molecule has 0 aliphatic carbocycles. The molecular weight excluding hydrogens is 426 g/mol. The SMILES string of the molecule is C[C@H]1CC[C@@H](C(=O)CCc2cc(Cl)nc(Cl)c2)N1S(=O)(=O)c1ccc(F)cc1. The van der Waals surface area contributed by atoms with Gasteiger partial charge in [0.15, 0.2) is 5.78 Å². The van der Waals surface area contributed by atoms with Crippen LogP contribution in [0.2, 0.25) is 10.3 Å². The lowest BCUT2D eigenvalue weighted by Crippen LogP contribution is -2.44. The second-order valence-corrected chi connectivity index (χ2v) is 9.44. The summed E-state index contributed by atoms with van der Waals surface area (Å²) < 4.78 is 40.5. The van der Waals surface area contributed by atoms with E-state index < -0.39 is 21.9 Å². The minimum Gasteiger partial charge on any atom is -0.298 e. The molecule has 1 aliphatic heterocycles. The maximum Gasteiger partial charge on any atom is 0.243 e. The first-order valence-corrected chi connectivity index (χ1v) is 11.0. The summed E-state index contributed by atoms with van der Waals surface area (Å²) in [5, 5.41) is 0.481. The molecule has 0 saturated carbocycles. The Morgan fingerprint density at radius 1 is 1.18 bits per heavy atom. The third-order valence-electron chi connectivity index (χ3n) is 4.84. The number of rotatable bonds is 6. The lowest BCUT2D eigenvalue weighted by Gasteiger charge is -2.27. The zero-order chi connectivity index (χ0) is 20.5. The van der Waals surface area contributed by atoms with Crippen molar-refractivity contribution in [3.63, 3.8) is 0 Å². The highest BCUT2D eigenvalue weighted by atomic mass is 35.5. The molecule has 150 valence electrons. The van der Waals surface area contributed by atoms with Crippen molar-refractivity contribution in [3.8, 4) is 0 Å². The van der Waals surface area contributed by atoms with Crippen LogP contribution in [0.5, 0.6) is 0 Å². The van der Waals surface area contributed by atoms with Gasteiger partial charge < -0.3 is 0 Å². The normalized spacial score (nSPS) is 20.4. The van der Waals surface area contributed by atoms with Gasteiger partial charge in [-0.05, 0) is 68.1 Å². The minimum absolute atomic E-state index is 0.0202. The first kappa shape index (κ1) is 21.2. The van der Waals surface area contributed by atoms with E-state index >= 15 is 0 Å². The molecule has 0 bridgehead atoms. The smallest absolute Gasteiger partial charge is 0.243 e. The molecule has 0 N–H and O–H groups in total. The molecule has 1 aliphatic rings. The van der Waals surface area contributed by atoms with Crippen molar-refractivity contribution in [3.05, 3.63) is 58.1 Å². The van der Waals surface area contributed by atoms with Crippen LogP contribution >= 0.6 is 23.2 Å². The molecular formula is C19H19Cl2FN2O3S. The Kier molecular flexibility index (Phi) is 6.39. The third-order valence-corrected chi connectivity index (χ3v) is 7.27. The monoisotopic (exact) mass is 444 g/mol. The molecule has 1 saturated heterocycles. The molecule has 3 rings (SSSR count). The number of Topliss-reactive ketones (excluding diaryl/α,β-unsaturated/α-hetero) is 1. The Hall–Kier alpha value is -1.54. The van der Waals surface area contributed by atoms with E-state index in [1.165, 1.54) is 16.4 Å². The molecule has 5 nitrogen and oxygen atoms in total. The fourth-order valence-electron chi connectivity index (χ4n) is 3.49. The highest BCUT2D eigenvalue weighted by Gasteiger charge is 2.43. The van der Waals surface area contributed by atoms with Crippen molar-refractivity contribution in [1.82, 2.24) is 9.29 Å². The van der Waals surface area contributed by atoms with E-state index in [1.54, 1.807) is 19.1 Å². The van der Waals surface area contributed by atoms with Gasteiger partial charge in [0.25, 0.3) is 0 Å². The van der Waals surface area contributed by atoms with Gasteiger partial charge >= 0.3 is 0 Å². The van der Waals surface area contributed by atoms with E-state index in [0.717, 1.165) is 17.7 Å². The average molecular weight is 445 g/mol. The van der Waals surface area contributed by atoms with E-state index in [2.05, 4.69) is 4.98 Å². The fourth-order valence-corrected chi connectivity index (χ4v) is 5.86. The first-order chi connectivity index (χ1) is 13.2. The summed E-state index contributed by atoms with van der Waals surface area (Å²) in [7, 11) is -3.90. The van der Waals surface area contributed by atoms with E-state index in [4.69, 9.17) is 23.2 Å². The van der Waals surface area contributed by atoms with Crippen LogP contribution < -0.4 is 0 Å². The summed E-state index contributed by atoms with van der Waals surface area (Å²) in [4.78, 5) is 16.7. The van der Waals surface area contributed by atoms with Gasteiger partial charge in [-0.25, -0.2) is 17.8 Å². The van der Waals surface area contributed by atoms with Crippen LogP contribution in [0.3, 0.4) is 0 Å². The topological polar surface area (TPSA) is 67.3 Å². The molecule has 9 heteroatoms. The molecule has 2 heterocycles. The summed E-state index contributed by atoms with van der Waals surface area (Å²) in [6.45, 7) is 1.77. The minimum atomic E-state index is -3.90. The molecule has 0 spiro atoms. The molecule has 1 aromatic heterocycles. The van der Waals surface area contributed by atoms with E-state index in [1.807, 2.05) is 0 Å². The number of carbonyl (C=O) groups excluding carboxylic acids is 1. The number of halogens is 3. The standard InChI is InChI=1S/C19H19Cl2FN2O3S/c1-12-2-8-16(17(25)9-3-13-10-18(20)23-19(21)11-13)24(12)28(26,27)15-6-4-14(22)5-7-15/h4-7,10-12,16H,2-3,8-9H2,1H3/t12-,16-/m0/s1. The Morgan fingerprint density at radius 2 is 1.79 bits per heavy atom. The second-order valence-electron chi connectivity index (χ2n) is 6.82. The zero-order valence-corrected chi connectivity index (χ0v) is 17.4. The quantitative estimate of drug-likeness (QED) is 0.623. The van der Waals surface area contributed by atoms with E-state index in [0.29, 0.717) is 19.3 Å². The van der Waals surface area contributed by atoms with Crippen LogP contribution in [-0.2, 0) is 21.2 Å². The molecule has 0 amide bonds. The van der Waals surface area contributed by atoms with Crippen LogP contribution in [0.25, 0.3) is 0 Å². The van der Waals surface area contributed by atoms with Gasteiger partial charge in [-0.15, -0.1) is 0 Å². The lowest BCUT2D eigenvalue weighted by atomic mass is 10.0. The van der Waals surface area contributed by atoms with E-state index in [9.17, 15) is 17.6 Å². The number of ketones is 1. The van der Waals surface area contributed by atoms with Gasteiger partial charge in [0.05, 0.1) is 10.9 Å². The maximum atomic E-state index is 13.2. The summed E-state index contributed by atoms with van der Waals surface area (Å²) in [6, 6.07) is 6.85. The van der Waals surface area contributed by atoms with Gasteiger partial charge in [0.2, 0.25) is 10.0 Å². The number of pyridine rings is 1. The molecule has 2 aromatic rings. The predicted molar refractivity (Wildman–Crippen MR) is 105 cm³/mol. The van der Waals surface area contributed by atoms with Gasteiger partial charge in [-0.2, -0.15) is 4.31 Å². The van der Waals surface area contributed by atoms with Crippen molar-refractivity contribution in [1.29, 1.82) is 0 Å². The summed E-state index contributed by atoms with van der Waals surface area (Å²) >= 11 is 11.8. The number of aryl methyl sites for hydroxylation is 1. The number of nitrogens with zero attached hydrogens (tertiary/aromatic N) is 2. The molecule has 28 heavy (non-hydrogen) atoms. The third kappa shape index (κ3) is 4.54. The highest BCUT2D eigenvalue weighted by molar-refractivity contribution is 7.89. The van der Waals surface area contributed by atoms with Gasteiger partial charge in [-0.1, -0.05) is 23.2 Å². The first-order valence-electron chi connectivity index (χ1n) is 8.82. The van der Waals surface area contributed by atoms with Crippen molar-refractivity contribution in [2.24, 2.45) is 0 Å². The number of hydrogen-bond donors (Lipinski definition) is 0. The highest BCUT2D eigenvalue weighted by Crippen LogP contribution is 2.32. The van der Waals surface area contributed by atoms with Crippen molar-refractivity contribution in [2.75, 3.05) is 0 Å². The molecule has 2 atom stereocenters. The molecule has 1 aromatic carbocycles. The number of aromatic nitrogens is 1. The molecule has 0 radical (unpaired) electrons.